The lowest BCUT2D eigenvalue weighted by Crippen LogP contribution is -2.31. The number of carbonyl (C=O) groups is 1. The molecular formula is C12H16O2. The van der Waals surface area contributed by atoms with Crippen LogP contribution >= 0.6 is 0 Å². The highest BCUT2D eigenvalue weighted by Crippen LogP contribution is 2.57. The lowest BCUT2D eigenvalue weighted by Gasteiger charge is -2.30. The highest BCUT2D eigenvalue weighted by atomic mass is 16.5. The summed E-state index contributed by atoms with van der Waals surface area (Å²) in [5, 5.41) is 0. The Morgan fingerprint density at radius 1 is 1.36 bits per heavy atom. The summed E-state index contributed by atoms with van der Waals surface area (Å²) < 4.78 is 5.39. The summed E-state index contributed by atoms with van der Waals surface area (Å²) >= 11 is 0. The molecule has 0 N–H and O–H groups in total. The van der Waals surface area contributed by atoms with Gasteiger partial charge in [-0.15, -0.1) is 0 Å². The quantitative estimate of drug-likeness (QED) is 0.470. The van der Waals surface area contributed by atoms with Gasteiger partial charge in [-0.2, -0.15) is 0 Å². The molecule has 2 bridgehead atoms. The van der Waals surface area contributed by atoms with E-state index >= 15 is 0 Å². The van der Waals surface area contributed by atoms with Crippen LogP contribution in [0.15, 0.2) is 12.2 Å². The predicted octanol–water partition coefficient (Wildman–Crippen LogP) is 2.15. The van der Waals surface area contributed by atoms with Crippen molar-refractivity contribution in [2.24, 2.45) is 23.7 Å². The molecule has 2 nitrogen and oxygen atoms in total. The monoisotopic (exact) mass is 192 g/mol. The highest BCUT2D eigenvalue weighted by molar-refractivity contribution is 5.66. The van der Waals surface area contributed by atoms with Crippen LogP contribution in [-0.4, -0.2) is 12.1 Å². The Labute approximate surface area is 84.3 Å². The standard InChI is InChI=1S/C12H16O2/c1-7(13)14-12-6-8-5-11(12)10-4-2-3-9(8)10/h2-3,8-12H,4-6H2,1H3/t8-,9+,10+,11+,12-/m1/s1. The molecule has 0 spiro atoms. The first-order valence-electron chi connectivity index (χ1n) is 5.59. The molecule has 0 aromatic heterocycles. The SMILES string of the molecule is CC(=O)O[C@@H]1C[C@H]2C[C@H]1[C@H]1CC=C[C@@H]21. The van der Waals surface area contributed by atoms with Crippen LogP contribution in [0.4, 0.5) is 0 Å². The molecule has 0 saturated heterocycles. The average molecular weight is 192 g/mol. The van der Waals surface area contributed by atoms with Gasteiger partial charge in [-0.1, -0.05) is 12.2 Å². The summed E-state index contributed by atoms with van der Waals surface area (Å²) in [6.07, 6.45) is 8.54. The molecule has 0 heterocycles. The predicted molar refractivity (Wildman–Crippen MR) is 52.5 cm³/mol. The second-order valence-electron chi connectivity index (χ2n) is 4.95. The molecule has 3 aliphatic rings. The molecule has 0 amide bonds. The van der Waals surface area contributed by atoms with Gasteiger partial charge in [0.1, 0.15) is 6.10 Å². The van der Waals surface area contributed by atoms with Gasteiger partial charge in [-0.3, -0.25) is 4.79 Å². The minimum absolute atomic E-state index is 0.106. The van der Waals surface area contributed by atoms with Crippen molar-refractivity contribution in [3.05, 3.63) is 12.2 Å². The molecule has 2 heteroatoms. The maximum absolute atomic E-state index is 10.9. The molecule has 3 rings (SSSR count). The number of ether oxygens (including phenoxy) is 1. The van der Waals surface area contributed by atoms with Crippen molar-refractivity contribution in [2.75, 3.05) is 0 Å². The Morgan fingerprint density at radius 2 is 2.21 bits per heavy atom. The van der Waals surface area contributed by atoms with E-state index in [-0.39, 0.29) is 12.1 Å². The van der Waals surface area contributed by atoms with Crippen LogP contribution in [0.25, 0.3) is 0 Å². The third-order valence-corrected chi connectivity index (χ3v) is 4.26. The number of fused-ring (bicyclic) bond motifs is 5. The molecule has 3 aliphatic carbocycles. The van der Waals surface area contributed by atoms with Crippen LogP contribution in [0.3, 0.4) is 0 Å². The lowest BCUT2D eigenvalue weighted by molar-refractivity contribution is -0.150. The van der Waals surface area contributed by atoms with E-state index in [4.69, 9.17) is 4.74 Å². The van der Waals surface area contributed by atoms with Crippen molar-refractivity contribution < 1.29 is 9.53 Å². The topological polar surface area (TPSA) is 26.3 Å². The molecule has 76 valence electrons. The van der Waals surface area contributed by atoms with E-state index in [2.05, 4.69) is 12.2 Å². The minimum Gasteiger partial charge on any atom is -0.462 e. The normalized spacial score (nSPS) is 48.2. The Balaban J connectivity index is 1.75. The molecule has 14 heavy (non-hydrogen) atoms. The number of carbonyl (C=O) groups excluding carboxylic acids is 1. The van der Waals surface area contributed by atoms with Crippen LogP contribution in [-0.2, 0) is 9.53 Å². The highest BCUT2D eigenvalue weighted by Gasteiger charge is 2.53. The molecule has 0 unspecified atom stereocenters. The fourth-order valence-electron chi connectivity index (χ4n) is 3.84. The Bertz CT molecular complexity index is 295. The molecule has 2 saturated carbocycles. The van der Waals surface area contributed by atoms with E-state index in [1.54, 1.807) is 0 Å². The fourth-order valence-corrected chi connectivity index (χ4v) is 3.84. The van der Waals surface area contributed by atoms with Crippen molar-refractivity contribution in [3.8, 4) is 0 Å². The summed E-state index contributed by atoms with van der Waals surface area (Å²) in [4.78, 5) is 10.9. The van der Waals surface area contributed by atoms with Gasteiger partial charge in [0.15, 0.2) is 0 Å². The molecular weight excluding hydrogens is 176 g/mol. The van der Waals surface area contributed by atoms with Gasteiger partial charge in [0, 0.05) is 6.92 Å². The van der Waals surface area contributed by atoms with Crippen LogP contribution in [0, 0.1) is 23.7 Å². The molecule has 0 aromatic carbocycles. The number of allylic oxidation sites excluding steroid dienone is 2. The molecule has 0 aromatic rings. The van der Waals surface area contributed by atoms with Gasteiger partial charge in [0.25, 0.3) is 0 Å². The third kappa shape index (κ3) is 1.06. The van der Waals surface area contributed by atoms with E-state index in [0.717, 1.165) is 24.2 Å². The lowest BCUT2D eigenvalue weighted by atomic mass is 9.80. The van der Waals surface area contributed by atoms with Crippen LogP contribution in [0.5, 0.6) is 0 Å². The Kier molecular flexibility index (Phi) is 1.73. The maximum Gasteiger partial charge on any atom is 0.302 e. The van der Waals surface area contributed by atoms with Crippen molar-refractivity contribution >= 4 is 5.97 Å². The van der Waals surface area contributed by atoms with Crippen LogP contribution < -0.4 is 0 Å². The van der Waals surface area contributed by atoms with E-state index in [1.807, 2.05) is 0 Å². The van der Waals surface area contributed by atoms with Crippen molar-refractivity contribution in [1.29, 1.82) is 0 Å². The first kappa shape index (κ1) is 8.51. The van der Waals surface area contributed by atoms with Crippen molar-refractivity contribution in [3.63, 3.8) is 0 Å². The third-order valence-electron chi connectivity index (χ3n) is 4.26. The largest absolute Gasteiger partial charge is 0.462 e. The summed E-state index contributed by atoms with van der Waals surface area (Å²) in [5.74, 6) is 2.95. The van der Waals surface area contributed by atoms with Gasteiger partial charge in [0.2, 0.25) is 0 Å². The Morgan fingerprint density at radius 3 is 3.00 bits per heavy atom. The van der Waals surface area contributed by atoms with Gasteiger partial charge >= 0.3 is 5.97 Å². The van der Waals surface area contributed by atoms with Gasteiger partial charge in [0.05, 0.1) is 0 Å². The number of hydrogen-bond donors (Lipinski definition) is 0. The number of rotatable bonds is 1. The second-order valence-corrected chi connectivity index (χ2v) is 4.95. The van der Waals surface area contributed by atoms with E-state index in [9.17, 15) is 4.79 Å². The van der Waals surface area contributed by atoms with Crippen molar-refractivity contribution in [1.82, 2.24) is 0 Å². The first-order chi connectivity index (χ1) is 6.75. The van der Waals surface area contributed by atoms with Gasteiger partial charge < -0.3 is 4.74 Å². The van der Waals surface area contributed by atoms with E-state index in [0.29, 0.717) is 5.92 Å². The second kappa shape index (κ2) is 2.85. The summed E-state index contributed by atoms with van der Waals surface area (Å²) in [7, 11) is 0. The van der Waals surface area contributed by atoms with E-state index < -0.39 is 0 Å². The summed E-state index contributed by atoms with van der Waals surface area (Å²) in [6, 6.07) is 0. The van der Waals surface area contributed by atoms with E-state index in [1.165, 1.54) is 19.8 Å². The zero-order valence-corrected chi connectivity index (χ0v) is 8.48. The zero-order valence-electron chi connectivity index (χ0n) is 8.48. The van der Waals surface area contributed by atoms with Gasteiger partial charge in [-0.25, -0.2) is 0 Å². The minimum atomic E-state index is -0.106. The van der Waals surface area contributed by atoms with Gasteiger partial charge in [-0.05, 0) is 42.9 Å². The number of esters is 1. The number of hydrogen-bond acceptors (Lipinski definition) is 2. The summed E-state index contributed by atoms with van der Waals surface area (Å²) in [5.41, 5.74) is 0. The molecule has 2 fully saturated rings. The fraction of sp³-hybridized carbons (Fsp3) is 0.750. The first-order valence-corrected chi connectivity index (χ1v) is 5.59. The average Bonchev–Trinajstić information content (AvgIpc) is 2.68. The summed E-state index contributed by atoms with van der Waals surface area (Å²) in [6.45, 7) is 1.52. The molecule has 0 radical (unpaired) electrons. The molecule has 5 atom stereocenters. The smallest absolute Gasteiger partial charge is 0.302 e. The Hall–Kier alpha value is -0.790. The zero-order chi connectivity index (χ0) is 9.71. The van der Waals surface area contributed by atoms with Crippen LogP contribution in [0.1, 0.15) is 26.2 Å². The van der Waals surface area contributed by atoms with Crippen molar-refractivity contribution in [2.45, 2.75) is 32.3 Å². The molecule has 0 aliphatic heterocycles. The maximum atomic E-state index is 10.9. The van der Waals surface area contributed by atoms with Crippen LogP contribution in [0.2, 0.25) is 0 Å².